The summed E-state index contributed by atoms with van der Waals surface area (Å²) in [6.07, 6.45) is 0. The molecule has 0 saturated heterocycles. The standard InChI is InChI=1S/C18H23NO3/c1-12(2)10-19-16(7-6-14(11-20)18(19)21)15-9-13(3)5-8-17(15)22-4/h5-9,12,20H,10-11H2,1-4H3. The molecule has 0 radical (unpaired) electrons. The summed E-state index contributed by atoms with van der Waals surface area (Å²) >= 11 is 0. The van der Waals surface area contributed by atoms with E-state index in [0.717, 1.165) is 22.6 Å². The highest BCUT2D eigenvalue weighted by molar-refractivity contribution is 5.68. The molecule has 2 rings (SSSR count). The molecular formula is C18H23NO3. The number of pyridine rings is 1. The second-order valence-electron chi connectivity index (χ2n) is 5.92. The summed E-state index contributed by atoms with van der Waals surface area (Å²) in [5.41, 5.74) is 3.08. The molecule has 0 aliphatic carbocycles. The minimum absolute atomic E-state index is 0.141. The number of aryl methyl sites for hydroxylation is 1. The van der Waals surface area contributed by atoms with Gasteiger partial charge in [-0.1, -0.05) is 25.5 Å². The Bertz CT molecular complexity index is 717. The van der Waals surface area contributed by atoms with Crippen molar-refractivity contribution in [2.45, 2.75) is 33.9 Å². The van der Waals surface area contributed by atoms with Crippen LogP contribution in [0.15, 0.2) is 35.1 Å². The molecule has 1 aromatic carbocycles. The summed E-state index contributed by atoms with van der Waals surface area (Å²) in [6.45, 7) is 6.49. The van der Waals surface area contributed by atoms with E-state index in [2.05, 4.69) is 13.8 Å². The number of methoxy groups -OCH3 is 1. The van der Waals surface area contributed by atoms with Gasteiger partial charge >= 0.3 is 0 Å². The van der Waals surface area contributed by atoms with Gasteiger partial charge in [-0.05, 0) is 37.1 Å². The Morgan fingerprint density at radius 3 is 2.55 bits per heavy atom. The van der Waals surface area contributed by atoms with E-state index in [1.165, 1.54) is 0 Å². The number of hydrogen-bond donors (Lipinski definition) is 1. The van der Waals surface area contributed by atoms with Crippen molar-refractivity contribution in [3.63, 3.8) is 0 Å². The topological polar surface area (TPSA) is 51.5 Å². The van der Waals surface area contributed by atoms with Gasteiger partial charge in [0.05, 0.1) is 19.4 Å². The summed E-state index contributed by atoms with van der Waals surface area (Å²) in [5, 5.41) is 9.35. The third-order valence-electron chi connectivity index (χ3n) is 3.60. The minimum atomic E-state index is -0.248. The molecule has 4 heteroatoms. The van der Waals surface area contributed by atoms with Crippen molar-refractivity contribution in [3.05, 3.63) is 51.8 Å². The molecule has 0 amide bonds. The molecule has 0 unspecified atom stereocenters. The van der Waals surface area contributed by atoms with Crippen molar-refractivity contribution < 1.29 is 9.84 Å². The zero-order valence-corrected chi connectivity index (χ0v) is 13.6. The van der Waals surface area contributed by atoms with Gasteiger partial charge in [-0.25, -0.2) is 0 Å². The molecular weight excluding hydrogens is 278 g/mol. The van der Waals surface area contributed by atoms with Crippen LogP contribution in [-0.4, -0.2) is 16.8 Å². The maximum absolute atomic E-state index is 12.6. The number of hydrogen-bond acceptors (Lipinski definition) is 3. The zero-order valence-electron chi connectivity index (χ0n) is 13.6. The monoisotopic (exact) mass is 301 g/mol. The molecule has 1 heterocycles. The second kappa shape index (κ2) is 6.79. The first kappa shape index (κ1) is 16.3. The Kier molecular flexibility index (Phi) is 5.03. The van der Waals surface area contributed by atoms with E-state index >= 15 is 0 Å². The Balaban J connectivity index is 2.72. The van der Waals surface area contributed by atoms with Crippen molar-refractivity contribution in [1.29, 1.82) is 0 Å². The Morgan fingerprint density at radius 1 is 1.23 bits per heavy atom. The summed E-state index contributed by atoms with van der Waals surface area (Å²) in [7, 11) is 1.63. The Morgan fingerprint density at radius 2 is 1.95 bits per heavy atom. The Hall–Kier alpha value is -2.07. The average Bonchev–Trinajstić information content (AvgIpc) is 2.49. The van der Waals surface area contributed by atoms with E-state index < -0.39 is 0 Å². The van der Waals surface area contributed by atoms with Crippen molar-refractivity contribution in [2.24, 2.45) is 5.92 Å². The molecule has 0 spiro atoms. The molecule has 0 bridgehead atoms. The largest absolute Gasteiger partial charge is 0.496 e. The van der Waals surface area contributed by atoms with Crippen LogP contribution < -0.4 is 10.3 Å². The Labute approximate surface area is 131 Å². The van der Waals surface area contributed by atoms with Gasteiger partial charge in [0, 0.05) is 17.7 Å². The highest BCUT2D eigenvalue weighted by Crippen LogP contribution is 2.30. The highest BCUT2D eigenvalue weighted by Gasteiger charge is 2.14. The number of nitrogens with zero attached hydrogens (tertiary/aromatic N) is 1. The summed E-state index contributed by atoms with van der Waals surface area (Å²) in [5.74, 6) is 1.06. The second-order valence-corrected chi connectivity index (χ2v) is 5.92. The quantitative estimate of drug-likeness (QED) is 0.923. The third-order valence-corrected chi connectivity index (χ3v) is 3.60. The predicted octanol–water partition coefficient (Wildman–Crippen LogP) is 2.98. The number of aliphatic hydroxyl groups excluding tert-OH is 1. The lowest BCUT2D eigenvalue weighted by atomic mass is 10.0. The summed E-state index contributed by atoms with van der Waals surface area (Å²) in [4.78, 5) is 12.6. The fourth-order valence-corrected chi connectivity index (χ4v) is 2.55. The van der Waals surface area contributed by atoms with Gasteiger partial charge in [0.2, 0.25) is 0 Å². The normalized spacial score (nSPS) is 11.0. The molecule has 22 heavy (non-hydrogen) atoms. The molecule has 4 nitrogen and oxygen atoms in total. The van der Waals surface area contributed by atoms with Gasteiger partial charge in [-0.2, -0.15) is 0 Å². The number of benzene rings is 1. The average molecular weight is 301 g/mol. The lowest BCUT2D eigenvalue weighted by Gasteiger charge is -2.18. The third kappa shape index (κ3) is 3.22. The van der Waals surface area contributed by atoms with Crippen LogP contribution >= 0.6 is 0 Å². The van der Waals surface area contributed by atoms with E-state index in [4.69, 9.17) is 4.74 Å². The summed E-state index contributed by atoms with van der Waals surface area (Å²) < 4.78 is 7.18. The van der Waals surface area contributed by atoms with Crippen LogP contribution in [0.1, 0.15) is 25.0 Å². The first-order valence-corrected chi connectivity index (χ1v) is 7.46. The number of rotatable bonds is 5. The van der Waals surface area contributed by atoms with E-state index in [9.17, 15) is 9.90 Å². The molecule has 1 aromatic heterocycles. The fourth-order valence-electron chi connectivity index (χ4n) is 2.55. The SMILES string of the molecule is COc1ccc(C)cc1-c1ccc(CO)c(=O)n1CC(C)C. The fraction of sp³-hybridized carbons (Fsp3) is 0.389. The van der Waals surface area contributed by atoms with Crippen molar-refractivity contribution in [2.75, 3.05) is 7.11 Å². The molecule has 0 aliphatic heterocycles. The van der Waals surface area contributed by atoms with Crippen molar-refractivity contribution in [3.8, 4) is 17.0 Å². The van der Waals surface area contributed by atoms with E-state index in [0.29, 0.717) is 18.0 Å². The van der Waals surface area contributed by atoms with Gasteiger partial charge in [0.25, 0.3) is 5.56 Å². The van der Waals surface area contributed by atoms with Gasteiger partial charge in [0.15, 0.2) is 0 Å². The molecule has 0 saturated carbocycles. The van der Waals surface area contributed by atoms with Crippen LogP contribution in [0.3, 0.4) is 0 Å². The maximum atomic E-state index is 12.6. The van der Waals surface area contributed by atoms with E-state index in [-0.39, 0.29) is 12.2 Å². The lowest BCUT2D eigenvalue weighted by molar-refractivity contribution is 0.278. The van der Waals surface area contributed by atoms with Crippen LogP contribution in [0.5, 0.6) is 5.75 Å². The molecule has 118 valence electrons. The lowest BCUT2D eigenvalue weighted by Crippen LogP contribution is -2.27. The first-order valence-electron chi connectivity index (χ1n) is 7.46. The molecule has 2 aromatic rings. The van der Waals surface area contributed by atoms with E-state index in [1.54, 1.807) is 17.7 Å². The first-order chi connectivity index (χ1) is 10.5. The van der Waals surface area contributed by atoms with Crippen LogP contribution in [0.4, 0.5) is 0 Å². The highest BCUT2D eigenvalue weighted by atomic mass is 16.5. The number of aliphatic hydroxyl groups is 1. The molecule has 1 N–H and O–H groups in total. The van der Waals surface area contributed by atoms with Gasteiger partial charge < -0.3 is 14.4 Å². The zero-order chi connectivity index (χ0) is 16.3. The van der Waals surface area contributed by atoms with Gasteiger partial charge in [-0.15, -0.1) is 0 Å². The minimum Gasteiger partial charge on any atom is -0.496 e. The van der Waals surface area contributed by atoms with Crippen molar-refractivity contribution >= 4 is 0 Å². The molecule has 0 fully saturated rings. The number of ether oxygens (including phenoxy) is 1. The van der Waals surface area contributed by atoms with E-state index in [1.807, 2.05) is 31.2 Å². The van der Waals surface area contributed by atoms with Crippen molar-refractivity contribution in [1.82, 2.24) is 4.57 Å². The smallest absolute Gasteiger partial charge is 0.256 e. The van der Waals surface area contributed by atoms with Crippen LogP contribution in [0.2, 0.25) is 0 Å². The van der Waals surface area contributed by atoms with Crippen LogP contribution in [-0.2, 0) is 13.2 Å². The molecule has 0 atom stereocenters. The summed E-state index contributed by atoms with van der Waals surface area (Å²) in [6, 6.07) is 9.48. The number of aromatic nitrogens is 1. The van der Waals surface area contributed by atoms with Crippen LogP contribution in [0.25, 0.3) is 11.3 Å². The van der Waals surface area contributed by atoms with Gasteiger partial charge in [-0.3, -0.25) is 4.79 Å². The van der Waals surface area contributed by atoms with Crippen LogP contribution in [0, 0.1) is 12.8 Å². The maximum Gasteiger partial charge on any atom is 0.256 e. The molecule has 0 aliphatic rings. The van der Waals surface area contributed by atoms with Gasteiger partial charge in [0.1, 0.15) is 5.75 Å². The predicted molar refractivity (Wildman–Crippen MR) is 88.2 cm³/mol.